The molecule has 6 nitrogen and oxygen atoms in total. The lowest BCUT2D eigenvalue weighted by Gasteiger charge is -2.31. The number of halogens is 1. The van der Waals surface area contributed by atoms with Crippen molar-refractivity contribution in [1.29, 1.82) is 0 Å². The fourth-order valence-corrected chi connectivity index (χ4v) is 4.22. The third-order valence-corrected chi connectivity index (χ3v) is 5.98. The number of guanidine groups is 1. The first-order chi connectivity index (χ1) is 14.6. The van der Waals surface area contributed by atoms with Gasteiger partial charge in [-0.25, -0.2) is 9.67 Å². The zero-order valence-electron chi connectivity index (χ0n) is 19.5. The first-order valence-electron chi connectivity index (χ1n) is 11.5. The summed E-state index contributed by atoms with van der Waals surface area (Å²) in [6, 6.07) is 10.5. The molecule has 172 valence electrons. The number of nitrogens with zero attached hydrogens (tertiary/aromatic N) is 4. The molecule has 1 fully saturated rings. The molecule has 0 spiro atoms. The Morgan fingerprint density at radius 2 is 1.87 bits per heavy atom. The molecule has 0 amide bonds. The van der Waals surface area contributed by atoms with Crippen molar-refractivity contribution in [3.63, 3.8) is 0 Å². The molecule has 1 aromatic heterocycles. The average Bonchev–Trinajstić information content (AvgIpc) is 3.10. The van der Waals surface area contributed by atoms with E-state index < -0.39 is 0 Å². The lowest BCUT2D eigenvalue weighted by atomic mass is 9.93. The molecule has 2 heterocycles. The summed E-state index contributed by atoms with van der Waals surface area (Å²) in [5.74, 6) is 1.72. The van der Waals surface area contributed by atoms with E-state index in [4.69, 9.17) is 4.99 Å². The van der Waals surface area contributed by atoms with E-state index in [1.807, 2.05) is 11.6 Å². The van der Waals surface area contributed by atoms with E-state index in [0.29, 0.717) is 6.54 Å². The number of aromatic nitrogens is 2. The van der Waals surface area contributed by atoms with Gasteiger partial charge in [-0.3, -0.25) is 0 Å². The summed E-state index contributed by atoms with van der Waals surface area (Å²) < 4.78 is 2.02. The molecule has 2 N–H and O–H groups in total. The van der Waals surface area contributed by atoms with Crippen LogP contribution in [0, 0.1) is 19.8 Å². The quantitative estimate of drug-likeness (QED) is 0.299. The van der Waals surface area contributed by atoms with Crippen LogP contribution < -0.4 is 10.6 Å². The summed E-state index contributed by atoms with van der Waals surface area (Å²) in [4.78, 5) is 7.41. The zero-order valence-corrected chi connectivity index (χ0v) is 21.9. The van der Waals surface area contributed by atoms with Crippen LogP contribution in [-0.4, -0.2) is 53.4 Å². The number of aliphatic imine (C=N–C) groups is 1. The zero-order chi connectivity index (χ0) is 21.3. The summed E-state index contributed by atoms with van der Waals surface area (Å²) in [5.41, 5.74) is 4.45. The van der Waals surface area contributed by atoms with E-state index in [9.17, 15) is 0 Å². The number of para-hydroxylation sites is 1. The van der Waals surface area contributed by atoms with Gasteiger partial charge in [-0.05, 0) is 83.3 Å². The molecule has 1 aromatic carbocycles. The predicted molar refractivity (Wildman–Crippen MR) is 141 cm³/mol. The molecule has 1 saturated heterocycles. The highest BCUT2D eigenvalue weighted by atomic mass is 127. The van der Waals surface area contributed by atoms with Gasteiger partial charge in [-0.2, -0.15) is 5.10 Å². The van der Waals surface area contributed by atoms with Gasteiger partial charge in [0, 0.05) is 18.8 Å². The van der Waals surface area contributed by atoms with Crippen LogP contribution in [0.1, 0.15) is 50.1 Å². The molecule has 0 aliphatic carbocycles. The third kappa shape index (κ3) is 7.49. The Kier molecular flexibility index (Phi) is 10.8. The fourth-order valence-electron chi connectivity index (χ4n) is 4.22. The van der Waals surface area contributed by atoms with Crippen molar-refractivity contribution in [2.75, 3.05) is 32.7 Å². The summed E-state index contributed by atoms with van der Waals surface area (Å²) in [7, 11) is 0. The van der Waals surface area contributed by atoms with Gasteiger partial charge in [0.25, 0.3) is 0 Å². The number of hydrogen-bond acceptors (Lipinski definition) is 3. The topological polar surface area (TPSA) is 57.5 Å². The smallest absolute Gasteiger partial charge is 0.191 e. The van der Waals surface area contributed by atoms with Gasteiger partial charge in [0.15, 0.2) is 5.96 Å². The minimum atomic E-state index is 0. The van der Waals surface area contributed by atoms with Crippen LogP contribution in [0.15, 0.2) is 35.3 Å². The Labute approximate surface area is 204 Å². The van der Waals surface area contributed by atoms with E-state index in [1.165, 1.54) is 44.5 Å². The number of aryl methyl sites for hydroxylation is 2. The highest BCUT2D eigenvalue weighted by molar-refractivity contribution is 14.0. The normalized spacial score (nSPS) is 15.5. The van der Waals surface area contributed by atoms with Crippen LogP contribution in [-0.2, 0) is 6.54 Å². The van der Waals surface area contributed by atoms with Crippen LogP contribution in [0.4, 0.5) is 0 Å². The Hall–Kier alpha value is -1.61. The third-order valence-electron chi connectivity index (χ3n) is 5.98. The van der Waals surface area contributed by atoms with Gasteiger partial charge in [0.2, 0.25) is 0 Å². The molecule has 31 heavy (non-hydrogen) atoms. The van der Waals surface area contributed by atoms with E-state index >= 15 is 0 Å². The Balaban J connectivity index is 0.00000341. The van der Waals surface area contributed by atoms with Crippen molar-refractivity contribution in [3.8, 4) is 5.69 Å². The first-order valence-corrected chi connectivity index (χ1v) is 11.5. The number of nitrogens with one attached hydrogen (secondary N) is 2. The van der Waals surface area contributed by atoms with Gasteiger partial charge in [0.05, 0.1) is 17.9 Å². The van der Waals surface area contributed by atoms with Crippen molar-refractivity contribution in [2.45, 2.75) is 53.5 Å². The molecule has 0 unspecified atom stereocenters. The van der Waals surface area contributed by atoms with E-state index in [2.05, 4.69) is 71.7 Å². The molecule has 0 bridgehead atoms. The number of likely N-dealkylation sites (tertiary alicyclic amines) is 1. The Morgan fingerprint density at radius 3 is 2.52 bits per heavy atom. The number of rotatable bonds is 8. The van der Waals surface area contributed by atoms with Gasteiger partial charge >= 0.3 is 0 Å². The van der Waals surface area contributed by atoms with Gasteiger partial charge in [-0.1, -0.05) is 25.1 Å². The Morgan fingerprint density at radius 1 is 1.13 bits per heavy atom. The first kappa shape index (κ1) is 25.6. The van der Waals surface area contributed by atoms with Crippen LogP contribution in [0.5, 0.6) is 0 Å². The maximum absolute atomic E-state index is 4.86. The molecule has 0 atom stereocenters. The number of piperidine rings is 1. The molecular formula is C24H39IN6. The van der Waals surface area contributed by atoms with Crippen LogP contribution in [0.3, 0.4) is 0 Å². The second-order valence-electron chi connectivity index (χ2n) is 8.26. The molecular weight excluding hydrogens is 499 g/mol. The van der Waals surface area contributed by atoms with Crippen molar-refractivity contribution >= 4 is 29.9 Å². The van der Waals surface area contributed by atoms with Crippen molar-refractivity contribution < 1.29 is 0 Å². The highest BCUT2D eigenvalue weighted by Gasteiger charge is 2.17. The number of hydrogen-bond donors (Lipinski definition) is 2. The Bertz CT molecular complexity index is 823. The van der Waals surface area contributed by atoms with Crippen LogP contribution >= 0.6 is 24.0 Å². The minimum absolute atomic E-state index is 0. The van der Waals surface area contributed by atoms with Crippen molar-refractivity contribution in [1.82, 2.24) is 25.3 Å². The molecule has 7 heteroatoms. The minimum Gasteiger partial charge on any atom is -0.357 e. The predicted octanol–water partition coefficient (Wildman–Crippen LogP) is 4.28. The molecule has 1 aliphatic heterocycles. The second kappa shape index (κ2) is 13.1. The molecule has 0 saturated carbocycles. The van der Waals surface area contributed by atoms with Crippen molar-refractivity contribution in [3.05, 3.63) is 47.3 Å². The lowest BCUT2D eigenvalue weighted by molar-refractivity contribution is 0.187. The van der Waals surface area contributed by atoms with Gasteiger partial charge in [0.1, 0.15) is 0 Å². The highest BCUT2D eigenvalue weighted by Crippen LogP contribution is 2.20. The lowest BCUT2D eigenvalue weighted by Crippen LogP contribution is -2.39. The van der Waals surface area contributed by atoms with Gasteiger partial charge < -0.3 is 15.5 Å². The summed E-state index contributed by atoms with van der Waals surface area (Å²) >= 11 is 0. The van der Waals surface area contributed by atoms with Crippen molar-refractivity contribution in [2.24, 2.45) is 10.9 Å². The molecule has 1 aliphatic rings. The fraction of sp³-hybridized carbons (Fsp3) is 0.583. The van der Waals surface area contributed by atoms with E-state index in [-0.39, 0.29) is 24.0 Å². The largest absolute Gasteiger partial charge is 0.357 e. The summed E-state index contributed by atoms with van der Waals surface area (Å²) in [5, 5.41) is 11.6. The maximum Gasteiger partial charge on any atom is 0.191 e. The van der Waals surface area contributed by atoms with E-state index in [1.54, 1.807) is 0 Å². The molecule has 0 radical (unpaired) electrons. The van der Waals surface area contributed by atoms with E-state index in [0.717, 1.165) is 42.0 Å². The monoisotopic (exact) mass is 538 g/mol. The summed E-state index contributed by atoms with van der Waals surface area (Å²) in [6.07, 6.45) is 3.85. The number of benzene rings is 1. The van der Waals surface area contributed by atoms with Crippen LogP contribution in [0.2, 0.25) is 0 Å². The molecule has 3 rings (SSSR count). The van der Waals surface area contributed by atoms with Crippen LogP contribution in [0.25, 0.3) is 5.69 Å². The molecule has 2 aromatic rings. The standard InChI is InChI=1S/C24H38N6.HI/c1-5-25-24(26-14-11-21-12-15-29(6-2)16-13-21)27-18-22-9-7-8-10-23(22)30-20(4)17-19(3)28-30;/h7-10,17,21H,5-6,11-16,18H2,1-4H3,(H2,25,26,27);1H. The maximum atomic E-state index is 4.86. The SMILES string of the molecule is CCNC(=NCc1ccccc1-n1nc(C)cc1C)NCCC1CCN(CC)CC1.I. The summed E-state index contributed by atoms with van der Waals surface area (Å²) in [6.45, 7) is 14.6. The average molecular weight is 539 g/mol. The van der Waals surface area contributed by atoms with Gasteiger partial charge in [-0.15, -0.1) is 24.0 Å². The second-order valence-corrected chi connectivity index (χ2v) is 8.26.